The van der Waals surface area contributed by atoms with Crippen molar-refractivity contribution in [2.24, 2.45) is 0 Å². The summed E-state index contributed by atoms with van der Waals surface area (Å²) < 4.78 is 22.0. The second kappa shape index (κ2) is 2.48. The summed E-state index contributed by atoms with van der Waals surface area (Å²) in [5.41, 5.74) is 0. The number of rotatable bonds is 0. The Hall–Kier alpha value is -0.200. The molecule has 3 heterocycles. The van der Waals surface area contributed by atoms with Crippen LogP contribution in [0.1, 0.15) is 13.8 Å². The smallest absolute Gasteiger partial charge is 0.224 e. The Morgan fingerprint density at radius 2 is 2.07 bits per heavy atom. The zero-order valence-corrected chi connectivity index (χ0v) is 8.23. The van der Waals surface area contributed by atoms with Crippen molar-refractivity contribution in [1.29, 1.82) is 0 Å². The highest BCUT2D eigenvalue weighted by atomic mass is 16.9. The third kappa shape index (κ3) is 1.14. The lowest BCUT2D eigenvalue weighted by Gasteiger charge is -2.31. The quantitative estimate of drug-likeness (QED) is 0.543. The molecule has 0 unspecified atom stereocenters. The van der Waals surface area contributed by atoms with Gasteiger partial charge in [0.05, 0.1) is 6.61 Å². The van der Waals surface area contributed by atoms with E-state index in [1.807, 2.05) is 13.8 Å². The minimum absolute atomic E-state index is 0.138. The summed E-state index contributed by atoms with van der Waals surface area (Å²) >= 11 is 0. The van der Waals surface area contributed by atoms with Crippen LogP contribution in [-0.2, 0) is 18.9 Å². The van der Waals surface area contributed by atoms with E-state index in [0.717, 1.165) is 0 Å². The zero-order chi connectivity index (χ0) is 9.97. The molecule has 4 atom stereocenters. The number of ether oxygens (including phenoxy) is 4. The molecule has 3 aliphatic rings. The van der Waals surface area contributed by atoms with Gasteiger partial charge < -0.3 is 24.1 Å². The van der Waals surface area contributed by atoms with E-state index in [2.05, 4.69) is 0 Å². The summed E-state index contributed by atoms with van der Waals surface area (Å²) in [6.07, 6.45) is -0.841. The fourth-order valence-electron chi connectivity index (χ4n) is 2.13. The molecule has 14 heavy (non-hydrogen) atoms. The van der Waals surface area contributed by atoms with E-state index in [-0.39, 0.29) is 18.8 Å². The van der Waals surface area contributed by atoms with Gasteiger partial charge in [0.1, 0.15) is 24.9 Å². The van der Waals surface area contributed by atoms with Crippen LogP contribution in [0.2, 0.25) is 0 Å². The Bertz CT molecular complexity index is 266. The molecule has 0 aromatic carbocycles. The second-order valence-corrected chi connectivity index (χ2v) is 4.50. The number of hydrogen-bond donors (Lipinski definition) is 1. The lowest BCUT2D eigenvalue weighted by atomic mass is 10.0. The number of fused-ring (bicyclic) bond motifs is 2. The molecule has 80 valence electrons. The van der Waals surface area contributed by atoms with Crippen LogP contribution in [0.25, 0.3) is 0 Å². The normalized spacial score (nSPS) is 54.6. The molecule has 0 amide bonds. The van der Waals surface area contributed by atoms with Crippen molar-refractivity contribution in [1.82, 2.24) is 0 Å². The molecule has 3 saturated heterocycles. The van der Waals surface area contributed by atoms with Gasteiger partial charge in [0.2, 0.25) is 5.79 Å². The second-order valence-electron chi connectivity index (χ2n) is 4.50. The maximum atomic E-state index is 9.45. The lowest BCUT2D eigenvalue weighted by molar-refractivity contribution is -0.272. The van der Waals surface area contributed by atoms with Gasteiger partial charge in [0, 0.05) is 0 Å². The average molecular weight is 202 g/mol. The van der Waals surface area contributed by atoms with Gasteiger partial charge in [-0.05, 0) is 13.8 Å². The van der Waals surface area contributed by atoms with Crippen LogP contribution in [0.4, 0.5) is 0 Å². The average Bonchev–Trinajstić information content (AvgIpc) is 2.84. The Morgan fingerprint density at radius 1 is 1.29 bits per heavy atom. The molecule has 0 bridgehead atoms. The number of epoxide rings is 1. The first-order chi connectivity index (χ1) is 6.53. The summed E-state index contributed by atoms with van der Waals surface area (Å²) in [6.45, 7) is 4.30. The highest BCUT2D eigenvalue weighted by molar-refractivity contribution is 5.06. The fourth-order valence-corrected chi connectivity index (χ4v) is 2.13. The van der Waals surface area contributed by atoms with Crippen molar-refractivity contribution >= 4 is 0 Å². The van der Waals surface area contributed by atoms with E-state index in [4.69, 9.17) is 18.9 Å². The Labute approximate surface area is 81.9 Å². The van der Waals surface area contributed by atoms with E-state index in [1.54, 1.807) is 0 Å². The first-order valence-corrected chi connectivity index (χ1v) is 4.84. The Morgan fingerprint density at radius 3 is 2.71 bits per heavy atom. The molecule has 0 aromatic heterocycles. The minimum Gasteiger partial charge on any atom is -0.388 e. The lowest BCUT2D eigenvalue weighted by Crippen LogP contribution is -2.50. The molecule has 1 N–H and O–H groups in total. The molecular weight excluding hydrogens is 188 g/mol. The molecule has 0 aliphatic carbocycles. The summed E-state index contributed by atoms with van der Waals surface area (Å²) in [5.74, 6) is -1.41. The van der Waals surface area contributed by atoms with Gasteiger partial charge in [-0.15, -0.1) is 0 Å². The SMILES string of the molecule is CC1(C)OC[C@]2(OC[C@H](O)[C@H]3O[C@H]32)O1. The topological polar surface area (TPSA) is 60.5 Å². The summed E-state index contributed by atoms with van der Waals surface area (Å²) in [5, 5.41) is 9.45. The van der Waals surface area contributed by atoms with E-state index in [0.29, 0.717) is 6.61 Å². The van der Waals surface area contributed by atoms with Crippen molar-refractivity contribution in [3.63, 3.8) is 0 Å². The van der Waals surface area contributed by atoms with Gasteiger partial charge in [-0.25, -0.2) is 0 Å². The number of aliphatic hydroxyl groups is 1. The molecule has 0 radical (unpaired) electrons. The maximum Gasteiger partial charge on any atom is 0.224 e. The predicted molar refractivity (Wildman–Crippen MR) is 44.5 cm³/mol. The molecule has 0 saturated carbocycles. The van der Waals surface area contributed by atoms with Crippen molar-refractivity contribution < 1.29 is 24.1 Å². The van der Waals surface area contributed by atoms with Gasteiger partial charge in [-0.2, -0.15) is 0 Å². The van der Waals surface area contributed by atoms with E-state index in [9.17, 15) is 5.11 Å². The highest BCUT2D eigenvalue weighted by Crippen LogP contribution is 2.47. The van der Waals surface area contributed by atoms with E-state index >= 15 is 0 Å². The molecule has 3 rings (SSSR count). The van der Waals surface area contributed by atoms with Crippen LogP contribution in [0.5, 0.6) is 0 Å². The summed E-state index contributed by atoms with van der Waals surface area (Å²) in [4.78, 5) is 0. The standard InChI is InChI=1S/C9H14O5/c1-8(2)12-4-9(14-8)7-6(13-7)5(10)3-11-9/h5-7,10H,3-4H2,1-2H3/t5-,6+,7+,9-/m0/s1. The molecule has 5 heteroatoms. The maximum absolute atomic E-state index is 9.45. The van der Waals surface area contributed by atoms with Gasteiger partial charge in [-0.3, -0.25) is 0 Å². The van der Waals surface area contributed by atoms with Gasteiger partial charge in [0.15, 0.2) is 5.79 Å². The van der Waals surface area contributed by atoms with Crippen LogP contribution in [-0.4, -0.2) is 48.2 Å². The molecule has 5 nitrogen and oxygen atoms in total. The molecule has 3 fully saturated rings. The number of hydrogen-bond acceptors (Lipinski definition) is 5. The Balaban J connectivity index is 1.80. The van der Waals surface area contributed by atoms with Crippen molar-refractivity contribution in [3.05, 3.63) is 0 Å². The minimum atomic E-state index is -0.784. The van der Waals surface area contributed by atoms with E-state index in [1.165, 1.54) is 0 Å². The van der Waals surface area contributed by atoms with Gasteiger partial charge in [-0.1, -0.05) is 0 Å². The third-order valence-corrected chi connectivity index (χ3v) is 2.88. The summed E-state index contributed by atoms with van der Waals surface area (Å²) in [7, 11) is 0. The first-order valence-electron chi connectivity index (χ1n) is 4.84. The largest absolute Gasteiger partial charge is 0.388 e. The molecule has 3 aliphatic heterocycles. The Kier molecular flexibility index (Phi) is 1.61. The summed E-state index contributed by atoms with van der Waals surface area (Å²) in [6, 6.07) is 0. The number of aliphatic hydroxyl groups excluding tert-OH is 1. The molecule has 1 spiro atoms. The van der Waals surface area contributed by atoms with E-state index < -0.39 is 17.7 Å². The monoisotopic (exact) mass is 202 g/mol. The van der Waals surface area contributed by atoms with Crippen molar-refractivity contribution in [3.8, 4) is 0 Å². The first kappa shape index (κ1) is 9.06. The highest BCUT2D eigenvalue weighted by Gasteiger charge is 2.67. The van der Waals surface area contributed by atoms with Gasteiger partial charge >= 0.3 is 0 Å². The van der Waals surface area contributed by atoms with Crippen molar-refractivity contribution in [2.45, 2.75) is 43.7 Å². The molecular formula is C9H14O5. The predicted octanol–water partition coefficient (Wildman–Crippen LogP) is -0.376. The van der Waals surface area contributed by atoms with Crippen LogP contribution >= 0.6 is 0 Å². The zero-order valence-electron chi connectivity index (χ0n) is 8.23. The van der Waals surface area contributed by atoms with Crippen molar-refractivity contribution in [2.75, 3.05) is 13.2 Å². The van der Waals surface area contributed by atoms with Crippen LogP contribution in [0.3, 0.4) is 0 Å². The van der Waals surface area contributed by atoms with Crippen LogP contribution < -0.4 is 0 Å². The third-order valence-electron chi connectivity index (χ3n) is 2.88. The van der Waals surface area contributed by atoms with Crippen LogP contribution in [0.15, 0.2) is 0 Å². The van der Waals surface area contributed by atoms with Gasteiger partial charge in [0.25, 0.3) is 0 Å². The molecule has 0 aromatic rings. The van der Waals surface area contributed by atoms with Crippen LogP contribution in [0, 0.1) is 0 Å². The fraction of sp³-hybridized carbons (Fsp3) is 1.00.